The molecule has 0 aromatic heterocycles. The lowest BCUT2D eigenvalue weighted by Gasteiger charge is -2.34. The van der Waals surface area contributed by atoms with E-state index >= 15 is 0 Å². The first kappa shape index (κ1) is 20.3. The van der Waals surface area contributed by atoms with Crippen LogP contribution in [0, 0.1) is 5.92 Å². The molecule has 1 aromatic carbocycles. The summed E-state index contributed by atoms with van der Waals surface area (Å²) in [4.78, 5) is 40.9. The van der Waals surface area contributed by atoms with Crippen molar-refractivity contribution in [1.82, 2.24) is 15.1 Å². The maximum absolute atomic E-state index is 12.7. The molecule has 2 fully saturated rings. The first-order chi connectivity index (χ1) is 13.4. The third-order valence-electron chi connectivity index (χ3n) is 5.56. The number of nitrogens with zero attached hydrogens (tertiary/aromatic N) is 2. The maximum Gasteiger partial charge on any atom is 0.337 e. The predicted octanol–water partition coefficient (Wildman–Crippen LogP) is 0.117. The van der Waals surface area contributed by atoms with Crippen molar-refractivity contribution in [3.05, 3.63) is 35.4 Å². The van der Waals surface area contributed by atoms with Crippen LogP contribution < -0.4 is 5.32 Å². The summed E-state index contributed by atoms with van der Waals surface area (Å²) < 4.78 is 4.67. The van der Waals surface area contributed by atoms with Gasteiger partial charge >= 0.3 is 5.97 Å². The van der Waals surface area contributed by atoms with Crippen molar-refractivity contribution in [2.45, 2.75) is 25.0 Å². The van der Waals surface area contributed by atoms with Crippen LogP contribution in [0.1, 0.15) is 33.6 Å². The Morgan fingerprint density at radius 3 is 2.46 bits per heavy atom. The number of carbonyl (C=O) groups is 3. The summed E-state index contributed by atoms with van der Waals surface area (Å²) in [6.07, 6.45) is -0.0123. The van der Waals surface area contributed by atoms with E-state index in [0.717, 1.165) is 13.1 Å². The van der Waals surface area contributed by atoms with E-state index in [1.165, 1.54) is 13.2 Å². The van der Waals surface area contributed by atoms with Crippen LogP contribution >= 0.6 is 0 Å². The third kappa shape index (κ3) is 4.51. The molecule has 0 radical (unpaired) electrons. The summed E-state index contributed by atoms with van der Waals surface area (Å²) in [5, 5.41) is 13.2. The number of carbonyl (C=O) groups excluding carboxylic acids is 3. The molecule has 1 saturated heterocycles. The molecule has 8 nitrogen and oxygen atoms in total. The van der Waals surface area contributed by atoms with Gasteiger partial charge in [0.2, 0.25) is 5.91 Å². The molecule has 3 rings (SSSR count). The number of rotatable bonds is 4. The van der Waals surface area contributed by atoms with Crippen molar-refractivity contribution >= 4 is 17.8 Å². The normalized spacial score (nSPS) is 25.4. The number of esters is 1. The highest BCUT2D eigenvalue weighted by Crippen LogP contribution is 2.28. The van der Waals surface area contributed by atoms with E-state index in [-0.39, 0.29) is 23.3 Å². The van der Waals surface area contributed by atoms with E-state index < -0.39 is 18.1 Å². The Hall–Kier alpha value is -2.45. The second-order valence-electron chi connectivity index (χ2n) is 7.52. The van der Waals surface area contributed by atoms with Crippen LogP contribution in [0.2, 0.25) is 0 Å². The van der Waals surface area contributed by atoms with E-state index in [2.05, 4.69) is 15.0 Å². The fraction of sp³-hybridized carbons (Fsp3) is 0.550. The first-order valence-electron chi connectivity index (χ1n) is 9.53. The van der Waals surface area contributed by atoms with Crippen LogP contribution in [-0.2, 0) is 9.53 Å². The number of ether oxygens (including phenoxy) is 1. The SMILES string of the molecule is COC(=O)c1cccc(C(=O)N[C@@H]2C[C@H](C(=O)N3CCN(C)CC3)C[C@H]2O)c1. The Morgan fingerprint density at radius 1 is 1.11 bits per heavy atom. The molecule has 1 aliphatic heterocycles. The van der Waals surface area contributed by atoms with E-state index in [0.29, 0.717) is 31.5 Å². The van der Waals surface area contributed by atoms with Crippen LogP contribution in [-0.4, -0.2) is 85.2 Å². The molecule has 0 spiro atoms. The van der Waals surface area contributed by atoms with Gasteiger partial charge in [-0.25, -0.2) is 4.79 Å². The second kappa shape index (κ2) is 8.70. The van der Waals surface area contributed by atoms with E-state index in [9.17, 15) is 19.5 Å². The molecule has 2 amide bonds. The van der Waals surface area contributed by atoms with Crippen LogP contribution in [0.5, 0.6) is 0 Å². The van der Waals surface area contributed by atoms with Gasteiger partial charge in [-0.2, -0.15) is 0 Å². The molecule has 2 N–H and O–H groups in total. The second-order valence-corrected chi connectivity index (χ2v) is 7.52. The average molecular weight is 389 g/mol. The van der Waals surface area contributed by atoms with E-state index in [4.69, 9.17) is 0 Å². The number of hydrogen-bond donors (Lipinski definition) is 2. The Morgan fingerprint density at radius 2 is 1.79 bits per heavy atom. The van der Waals surface area contributed by atoms with Gasteiger partial charge < -0.3 is 25.0 Å². The van der Waals surface area contributed by atoms with Gasteiger partial charge in [0.1, 0.15) is 0 Å². The number of hydrogen-bond acceptors (Lipinski definition) is 6. The van der Waals surface area contributed by atoms with Crippen molar-refractivity contribution in [3.63, 3.8) is 0 Å². The van der Waals surface area contributed by atoms with E-state index in [1.807, 2.05) is 11.9 Å². The Bertz CT molecular complexity index is 745. The fourth-order valence-corrected chi connectivity index (χ4v) is 3.81. The van der Waals surface area contributed by atoms with Crippen molar-refractivity contribution < 1.29 is 24.2 Å². The summed E-state index contributed by atoms with van der Waals surface area (Å²) >= 11 is 0. The monoisotopic (exact) mass is 389 g/mol. The first-order valence-corrected chi connectivity index (χ1v) is 9.53. The van der Waals surface area contributed by atoms with Crippen molar-refractivity contribution in [3.8, 4) is 0 Å². The molecule has 1 saturated carbocycles. The van der Waals surface area contributed by atoms with Crippen molar-refractivity contribution in [1.29, 1.82) is 0 Å². The third-order valence-corrected chi connectivity index (χ3v) is 5.56. The fourth-order valence-electron chi connectivity index (χ4n) is 3.81. The highest BCUT2D eigenvalue weighted by Gasteiger charge is 2.39. The maximum atomic E-state index is 12.7. The lowest BCUT2D eigenvalue weighted by Crippen LogP contribution is -2.49. The lowest BCUT2D eigenvalue weighted by molar-refractivity contribution is -0.137. The zero-order chi connectivity index (χ0) is 20.3. The molecule has 8 heteroatoms. The van der Waals surface area contributed by atoms with Crippen LogP contribution in [0.3, 0.4) is 0 Å². The minimum absolute atomic E-state index is 0.0524. The minimum atomic E-state index is -0.769. The minimum Gasteiger partial charge on any atom is -0.465 e. The number of aliphatic hydroxyl groups excluding tert-OH is 1. The summed E-state index contributed by atoms with van der Waals surface area (Å²) in [5.74, 6) is -1.14. The van der Waals surface area contributed by atoms with Gasteiger partial charge in [-0.05, 0) is 38.1 Å². The Balaban J connectivity index is 1.60. The molecule has 28 heavy (non-hydrogen) atoms. The van der Waals surface area contributed by atoms with E-state index in [1.54, 1.807) is 18.2 Å². The van der Waals surface area contributed by atoms with Crippen LogP contribution in [0.25, 0.3) is 0 Å². The number of aliphatic hydroxyl groups is 1. The number of nitrogens with one attached hydrogen (secondary N) is 1. The molecule has 1 aromatic rings. The standard InChI is InChI=1S/C20H27N3O5/c1-22-6-8-23(9-7-22)19(26)15-11-16(17(24)12-15)21-18(25)13-4-3-5-14(10-13)20(27)28-2/h3-5,10,15-17,24H,6-9,11-12H2,1-2H3,(H,21,25)/t15-,16+,17+/m0/s1. The van der Waals surface area contributed by atoms with Gasteiger partial charge in [0.25, 0.3) is 5.91 Å². The quantitative estimate of drug-likeness (QED) is 0.710. The molecule has 1 heterocycles. The summed E-state index contributed by atoms with van der Waals surface area (Å²) in [6.45, 7) is 3.08. The predicted molar refractivity (Wildman–Crippen MR) is 102 cm³/mol. The molecular formula is C20H27N3O5. The van der Waals surface area contributed by atoms with Gasteiger partial charge in [-0.15, -0.1) is 0 Å². The number of piperazine rings is 1. The molecule has 0 bridgehead atoms. The number of likely N-dealkylation sites (N-methyl/N-ethyl adjacent to an activating group) is 1. The molecule has 2 aliphatic rings. The summed E-state index contributed by atoms with van der Waals surface area (Å²) in [6, 6.07) is 5.73. The highest BCUT2D eigenvalue weighted by atomic mass is 16.5. The Labute approximate surface area is 164 Å². The number of amides is 2. The largest absolute Gasteiger partial charge is 0.465 e. The van der Waals surface area contributed by atoms with Crippen LogP contribution in [0.15, 0.2) is 24.3 Å². The van der Waals surface area contributed by atoms with Crippen molar-refractivity contribution in [2.75, 3.05) is 40.3 Å². The topological polar surface area (TPSA) is 99.2 Å². The zero-order valence-electron chi connectivity index (χ0n) is 16.3. The molecule has 1 aliphatic carbocycles. The van der Waals surface area contributed by atoms with Gasteiger partial charge in [0.15, 0.2) is 0 Å². The van der Waals surface area contributed by atoms with Gasteiger partial charge in [-0.1, -0.05) is 6.07 Å². The van der Waals surface area contributed by atoms with Gasteiger partial charge in [0, 0.05) is 37.7 Å². The smallest absolute Gasteiger partial charge is 0.337 e. The molecule has 3 atom stereocenters. The Kier molecular flexibility index (Phi) is 6.31. The number of methoxy groups -OCH3 is 1. The van der Waals surface area contributed by atoms with Crippen LogP contribution in [0.4, 0.5) is 0 Å². The van der Waals surface area contributed by atoms with Gasteiger partial charge in [-0.3, -0.25) is 9.59 Å². The average Bonchev–Trinajstić information content (AvgIpc) is 3.07. The summed E-state index contributed by atoms with van der Waals surface area (Å²) in [7, 11) is 3.31. The summed E-state index contributed by atoms with van der Waals surface area (Å²) in [5.41, 5.74) is 0.592. The highest BCUT2D eigenvalue weighted by molar-refractivity contribution is 5.98. The van der Waals surface area contributed by atoms with Crippen molar-refractivity contribution in [2.24, 2.45) is 5.92 Å². The number of benzene rings is 1. The molecular weight excluding hydrogens is 362 g/mol. The molecule has 152 valence electrons. The zero-order valence-corrected chi connectivity index (χ0v) is 16.3. The lowest BCUT2D eigenvalue weighted by atomic mass is 10.1. The van der Waals surface area contributed by atoms with Gasteiger partial charge in [0.05, 0.1) is 24.8 Å². The molecule has 0 unspecified atom stereocenters.